The maximum Gasteiger partial charge on any atom is 0.268 e. The summed E-state index contributed by atoms with van der Waals surface area (Å²) in [6.07, 6.45) is 1.04. The highest BCUT2D eigenvalue weighted by atomic mass is 32.2. The van der Waals surface area contributed by atoms with E-state index < -0.39 is 10.1 Å². The summed E-state index contributed by atoms with van der Waals surface area (Å²) >= 11 is 0. The van der Waals surface area contributed by atoms with Crippen LogP contribution in [-0.2, 0) is 14.3 Å². The van der Waals surface area contributed by atoms with Crippen molar-refractivity contribution in [3.63, 3.8) is 0 Å². The van der Waals surface area contributed by atoms with Crippen molar-refractivity contribution in [3.8, 4) is 0 Å². The predicted octanol–water partition coefficient (Wildman–Crippen LogP) is 0.695. The Labute approximate surface area is 81.0 Å². The standard InChI is InChI=1S/C8H19NO3S/c1-4-6-9(5-2)7-8-13(10,11)12-3/h4-8H2,1-3H3. The molecule has 0 N–H and O–H groups in total. The van der Waals surface area contributed by atoms with Crippen LogP contribution in [0.15, 0.2) is 0 Å². The van der Waals surface area contributed by atoms with Crippen molar-refractivity contribution in [1.82, 2.24) is 4.90 Å². The van der Waals surface area contributed by atoms with Gasteiger partial charge in [-0.3, -0.25) is 4.18 Å². The fraction of sp³-hybridized carbons (Fsp3) is 1.00. The topological polar surface area (TPSA) is 46.6 Å². The first-order valence-electron chi connectivity index (χ1n) is 4.56. The van der Waals surface area contributed by atoms with Crippen LogP contribution in [0.25, 0.3) is 0 Å². The minimum Gasteiger partial charge on any atom is -0.303 e. The van der Waals surface area contributed by atoms with Gasteiger partial charge < -0.3 is 4.90 Å². The molecule has 0 saturated carbocycles. The molecule has 0 unspecified atom stereocenters. The van der Waals surface area contributed by atoms with Gasteiger partial charge in [0.15, 0.2) is 0 Å². The molecule has 80 valence electrons. The normalized spacial score (nSPS) is 12.3. The molecule has 0 fully saturated rings. The predicted molar refractivity (Wildman–Crippen MR) is 53.2 cm³/mol. The Morgan fingerprint density at radius 1 is 1.23 bits per heavy atom. The zero-order valence-electron chi connectivity index (χ0n) is 8.62. The van der Waals surface area contributed by atoms with Crippen molar-refractivity contribution >= 4 is 10.1 Å². The molecule has 0 aromatic heterocycles. The van der Waals surface area contributed by atoms with Crippen LogP contribution in [-0.4, -0.2) is 45.8 Å². The average molecular weight is 209 g/mol. The lowest BCUT2D eigenvalue weighted by Gasteiger charge is -2.18. The Bertz CT molecular complexity index is 213. The van der Waals surface area contributed by atoms with Gasteiger partial charge in [-0.1, -0.05) is 13.8 Å². The molecule has 0 aromatic carbocycles. The molecule has 0 aromatic rings. The van der Waals surface area contributed by atoms with Gasteiger partial charge in [-0.05, 0) is 19.5 Å². The first kappa shape index (κ1) is 12.9. The first-order valence-corrected chi connectivity index (χ1v) is 6.14. The first-order chi connectivity index (χ1) is 6.05. The second-order valence-corrected chi connectivity index (χ2v) is 4.72. The fourth-order valence-corrected chi connectivity index (χ4v) is 1.72. The lowest BCUT2D eigenvalue weighted by atomic mass is 10.4. The van der Waals surface area contributed by atoms with Crippen molar-refractivity contribution in [3.05, 3.63) is 0 Å². The van der Waals surface area contributed by atoms with E-state index in [9.17, 15) is 8.42 Å². The number of hydrogen-bond acceptors (Lipinski definition) is 4. The second kappa shape index (κ2) is 6.34. The zero-order valence-corrected chi connectivity index (χ0v) is 9.43. The van der Waals surface area contributed by atoms with E-state index in [1.54, 1.807) is 0 Å². The number of rotatable bonds is 7. The third kappa shape index (κ3) is 6.01. The van der Waals surface area contributed by atoms with E-state index >= 15 is 0 Å². The highest BCUT2D eigenvalue weighted by Gasteiger charge is 2.10. The third-order valence-corrected chi connectivity index (χ3v) is 3.09. The van der Waals surface area contributed by atoms with Gasteiger partial charge in [0.05, 0.1) is 12.9 Å². The largest absolute Gasteiger partial charge is 0.303 e. The van der Waals surface area contributed by atoms with Crippen LogP contribution < -0.4 is 0 Å². The zero-order chi connectivity index (χ0) is 10.3. The summed E-state index contributed by atoms with van der Waals surface area (Å²) in [4.78, 5) is 2.09. The van der Waals surface area contributed by atoms with Gasteiger partial charge in [-0.2, -0.15) is 8.42 Å². The minimum absolute atomic E-state index is 0.0807. The Balaban J connectivity index is 3.84. The van der Waals surface area contributed by atoms with Crippen molar-refractivity contribution in [2.45, 2.75) is 20.3 Å². The molecule has 0 atom stereocenters. The molecule has 0 aliphatic heterocycles. The van der Waals surface area contributed by atoms with E-state index in [0.717, 1.165) is 19.5 Å². The Morgan fingerprint density at radius 3 is 2.23 bits per heavy atom. The molecule has 0 radical (unpaired) electrons. The van der Waals surface area contributed by atoms with Gasteiger partial charge in [0, 0.05) is 6.54 Å². The van der Waals surface area contributed by atoms with Gasteiger partial charge in [0.25, 0.3) is 10.1 Å². The quantitative estimate of drug-likeness (QED) is 0.579. The summed E-state index contributed by atoms with van der Waals surface area (Å²) in [5.41, 5.74) is 0. The van der Waals surface area contributed by atoms with Crippen molar-refractivity contribution < 1.29 is 12.6 Å². The monoisotopic (exact) mass is 209 g/mol. The fourth-order valence-electron chi connectivity index (χ4n) is 1.07. The van der Waals surface area contributed by atoms with Gasteiger partial charge in [0.1, 0.15) is 0 Å². The molecular formula is C8H19NO3S. The smallest absolute Gasteiger partial charge is 0.268 e. The minimum atomic E-state index is -3.28. The lowest BCUT2D eigenvalue weighted by molar-refractivity contribution is 0.299. The van der Waals surface area contributed by atoms with Crippen LogP contribution in [0.3, 0.4) is 0 Å². The number of nitrogens with zero attached hydrogens (tertiary/aromatic N) is 1. The molecule has 0 spiro atoms. The van der Waals surface area contributed by atoms with Gasteiger partial charge in [-0.15, -0.1) is 0 Å². The highest BCUT2D eigenvalue weighted by molar-refractivity contribution is 7.86. The van der Waals surface area contributed by atoms with Crippen molar-refractivity contribution in [1.29, 1.82) is 0 Å². The molecule has 0 saturated heterocycles. The van der Waals surface area contributed by atoms with E-state index in [2.05, 4.69) is 16.0 Å². The number of hydrogen-bond donors (Lipinski definition) is 0. The van der Waals surface area contributed by atoms with E-state index in [-0.39, 0.29) is 5.75 Å². The van der Waals surface area contributed by atoms with E-state index in [0.29, 0.717) is 6.54 Å². The van der Waals surface area contributed by atoms with Crippen molar-refractivity contribution in [2.24, 2.45) is 0 Å². The lowest BCUT2D eigenvalue weighted by Crippen LogP contribution is -2.30. The van der Waals surface area contributed by atoms with Crippen LogP contribution in [0, 0.1) is 0 Å². The summed E-state index contributed by atoms with van der Waals surface area (Å²) < 4.78 is 26.3. The van der Waals surface area contributed by atoms with Gasteiger partial charge in [-0.25, -0.2) is 0 Å². The van der Waals surface area contributed by atoms with E-state index in [1.807, 2.05) is 6.92 Å². The van der Waals surface area contributed by atoms with Crippen LogP contribution in [0.2, 0.25) is 0 Å². The maximum atomic E-state index is 11.0. The summed E-state index contributed by atoms with van der Waals surface area (Å²) in [5, 5.41) is 0. The maximum absolute atomic E-state index is 11.0. The molecule has 13 heavy (non-hydrogen) atoms. The van der Waals surface area contributed by atoms with Crippen LogP contribution in [0.1, 0.15) is 20.3 Å². The van der Waals surface area contributed by atoms with E-state index in [4.69, 9.17) is 0 Å². The van der Waals surface area contributed by atoms with Gasteiger partial charge in [0.2, 0.25) is 0 Å². The van der Waals surface area contributed by atoms with Crippen LogP contribution in [0.5, 0.6) is 0 Å². The molecular weight excluding hydrogens is 190 g/mol. The summed E-state index contributed by atoms with van der Waals surface area (Å²) in [7, 11) is -2.08. The Kier molecular flexibility index (Phi) is 6.28. The molecule has 5 heteroatoms. The van der Waals surface area contributed by atoms with Gasteiger partial charge >= 0.3 is 0 Å². The SMILES string of the molecule is CCCN(CC)CCS(=O)(=O)OC. The van der Waals surface area contributed by atoms with Crippen LogP contribution in [0.4, 0.5) is 0 Å². The summed E-state index contributed by atoms with van der Waals surface area (Å²) in [6.45, 7) is 6.48. The van der Waals surface area contributed by atoms with Crippen LogP contribution >= 0.6 is 0 Å². The Hall–Kier alpha value is -0.130. The average Bonchev–Trinajstić information content (AvgIpc) is 2.12. The highest BCUT2D eigenvalue weighted by Crippen LogP contribution is 1.95. The van der Waals surface area contributed by atoms with Crippen molar-refractivity contribution in [2.75, 3.05) is 32.5 Å². The molecule has 0 rings (SSSR count). The third-order valence-electron chi connectivity index (χ3n) is 1.90. The van der Waals surface area contributed by atoms with E-state index in [1.165, 1.54) is 7.11 Å². The summed E-state index contributed by atoms with van der Waals surface area (Å²) in [5.74, 6) is 0.0807. The molecule has 4 nitrogen and oxygen atoms in total. The Morgan fingerprint density at radius 2 is 1.85 bits per heavy atom. The molecule has 0 bridgehead atoms. The summed E-state index contributed by atoms with van der Waals surface area (Å²) in [6, 6.07) is 0. The second-order valence-electron chi connectivity index (χ2n) is 2.86. The molecule has 0 amide bonds. The molecule has 0 aliphatic rings. The molecule has 0 heterocycles. The molecule has 0 aliphatic carbocycles.